The van der Waals surface area contributed by atoms with E-state index in [4.69, 9.17) is 23.2 Å². The van der Waals surface area contributed by atoms with Crippen LogP contribution in [0.5, 0.6) is 0 Å². The summed E-state index contributed by atoms with van der Waals surface area (Å²) < 4.78 is 39.3. The predicted octanol–water partition coefficient (Wildman–Crippen LogP) is 4.23. The molecule has 0 aliphatic rings. The standard InChI is InChI=1S/C23H28Cl2FN3O4S/c1-4-5-10-27-23(31)16(2)28(14-17-6-8-20(26)9-7-17)22(30)15-29(34(3,32)33)21-12-18(24)11-19(25)13-21/h6-9,11-13,16H,4-5,10,14-15H2,1-3H3,(H,27,31). The highest BCUT2D eigenvalue weighted by molar-refractivity contribution is 7.92. The molecule has 2 aromatic rings. The van der Waals surface area contributed by atoms with Crippen LogP contribution in [0.15, 0.2) is 42.5 Å². The summed E-state index contributed by atoms with van der Waals surface area (Å²) in [5.41, 5.74) is 0.704. The molecule has 2 aromatic carbocycles. The number of carbonyl (C=O) groups is 2. The summed E-state index contributed by atoms with van der Waals surface area (Å²) in [5.74, 6) is -1.43. The molecular formula is C23H28Cl2FN3O4S. The van der Waals surface area contributed by atoms with Gasteiger partial charge in [0.2, 0.25) is 21.8 Å². The van der Waals surface area contributed by atoms with Gasteiger partial charge in [-0.2, -0.15) is 0 Å². The Morgan fingerprint density at radius 1 is 1.09 bits per heavy atom. The first-order valence-electron chi connectivity index (χ1n) is 10.7. The molecule has 2 amide bonds. The molecule has 1 N–H and O–H groups in total. The Balaban J connectivity index is 2.37. The first-order valence-corrected chi connectivity index (χ1v) is 13.3. The fourth-order valence-electron chi connectivity index (χ4n) is 3.20. The Morgan fingerprint density at radius 2 is 1.68 bits per heavy atom. The second-order valence-corrected chi connectivity index (χ2v) is 10.6. The van der Waals surface area contributed by atoms with Crippen molar-refractivity contribution < 1.29 is 22.4 Å². The largest absolute Gasteiger partial charge is 0.354 e. The van der Waals surface area contributed by atoms with E-state index < -0.39 is 34.3 Å². The van der Waals surface area contributed by atoms with Crippen LogP contribution >= 0.6 is 23.2 Å². The van der Waals surface area contributed by atoms with Crippen molar-refractivity contribution in [1.82, 2.24) is 10.2 Å². The van der Waals surface area contributed by atoms with Crippen LogP contribution in [0.3, 0.4) is 0 Å². The highest BCUT2D eigenvalue weighted by Crippen LogP contribution is 2.27. The maximum Gasteiger partial charge on any atom is 0.244 e. The number of carbonyl (C=O) groups excluding carboxylic acids is 2. The summed E-state index contributed by atoms with van der Waals surface area (Å²) in [6, 6.07) is 8.81. The number of halogens is 3. The van der Waals surface area contributed by atoms with Crippen LogP contribution in [-0.4, -0.2) is 50.5 Å². The summed E-state index contributed by atoms with van der Waals surface area (Å²) in [5, 5.41) is 3.19. The number of sulfonamides is 1. The van der Waals surface area contributed by atoms with E-state index in [1.807, 2.05) is 6.92 Å². The Bertz CT molecular complexity index is 1090. The van der Waals surface area contributed by atoms with Crippen LogP contribution in [0.1, 0.15) is 32.3 Å². The number of hydrogen-bond acceptors (Lipinski definition) is 4. The third-order valence-corrected chi connectivity index (χ3v) is 6.65. The lowest BCUT2D eigenvalue weighted by molar-refractivity contribution is -0.139. The molecule has 0 aliphatic carbocycles. The van der Waals surface area contributed by atoms with Gasteiger partial charge in [0.15, 0.2) is 0 Å². The molecule has 0 aromatic heterocycles. The molecule has 0 bridgehead atoms. The van der Waals surface area contributed by atoms with E-state index in [0.29, 0.717) is 12.1 Å². The van der Waals surface area contributed by atoms with Gasteiger partial charge in [-0.1, -0.05) is 48.7 Å². The molecule has 11 heteroatoms. The van der Waals surface area contributed by atoms with Crippen molar-refractivity contribution in [2.75, 3.05) is 23.7 Å². The third-order valence-electron chi connectivity index (χ3n) is 5.08. The molecule has 7 nitrogen and oxygen atoms in total. The van der Waals surface area contributed by atoms with Crippen LogP contribution in [0.25, 0.3) is 0 Å². The quantitative estimate of drug-likeness (QED) is 0.439. The highest BCUT2D eigenvalue weighted by Gasteiger charge is 2.30. The average Bonchev–Trinajstić information content (AvgIpc) is 2.75. The number of hydrogen-bond donors (Lipinski definition) is 1. The lowest BCUT2D eigenvalue weighted by Gasteiger charge is -2.31. The van der Waals surface area contributed by atoms with Crippen LogP contribution in [-0.2, 0) is 26.2 Å². The minimum Gasteiger partial charge on any atom is -0.354 e. The number of unbranched alkanes of at least 4 members (excludes halogenated alkanes) is 1. The summed E-state index contributed by atoms with van der Waals surface area (Å²) in [7, 11) is -3.90. The Kier molecular flexibility index (Phi) is 10.1. The van der Waals surface area contributed by atoms with Gasteiger partial charge in [-0.25, -0.2) is 12.8 Å². The van der Waals surface area contributed by atoms with Gasteiger partial charge in [0.1, 0.15) is 18.4 Å². The summed E-state index contributed by atoms with van der Waals surface area (Å²) >= 11 is 12.1. The average molecular weight is 532 g/mol. The molecule has 2 rings (SSSR count). The van der Waals surface area contributed by atoms with Crippen molar-refractivity contribution in [1.29, 1.82) is 0 Å². The molecule has 0 aliphatic heterocycles. The molecule has 186 valence electrons. The Hall–Kier alpha value is -2.36. The van der Waals surface area contributed by atoms with Crippen molar-refractivity contribution in [3.8, 4) is 0 Å². The fraction of sp³-hybridized carbons (Fsp3) is 0.391. The van der Waals surface area contributed by atoms with Crippen molar-refractivity contribution in [3.63, 3.8) is 0 Å². The van der Waals surface area contributed by atoms with Gasteiger partial charge in [0.25, 0.3) is 0 Å². The topological polar surface area (TPSA) is 86.8 Å². The van der Waals surface area contributed by atoms with Crippen LogP contribution in [0.4, 0.5) is 10.1 Å². The van der Waals surface area contributed by atoms with Gasteiger partial charge in [-0.15, -0.1) is 0 Å². The van der Waals surface area contributed by atoms with E-state index in [1.165, 1.54) is 47.4 Å². The van der Waals surface area contributed by atoms with E-state index in [1.54, 1.807) is 6.92 Å². The minimum absolute atomic E-state index is 0.0185. The smallest absolute Gasteiger partial charge is 0.244 e. The third kappa shape index (κ3) is 8.14. The molecule has 0 heterocycles. The van der Waals surface area contributed by atoms with Crippen LogP contribution in [0, 0.1) is 5.82 Å². The summed E-state index contributed by atoms with van der Waals surface area (Å²) in [4.78, 5) is 27.4. The van der Waals surface area contributed by atoms with Gasteiger partial charge in [0.05, 0.1) is 11.9 Å². The molecule has 1 atom stereocenters. The molecule has 0 saturated carbocycles. The monoisotopic (exact) mass is 531 g/mol. The number of anilines is 1. The van der Waals surface area contributed by atoms with E-state index in [0.717, 1.165) is 23.4 Å². The van der Waals surface area contributed by atoms with Crippen molar-refractivity contribution in [2.45, 2.75) is 39.3 Å². The van der Waals surface area contributed by atoms with E-state index in [9.17, 15) is 22.4 Å². The van der Waals surface area contributed by atoms with Crippen LogP contribution < -0.4 is 9.62 Å². The summed E-state index contributed by atoms with van der Waals surface area (Å²) in [6.07, 6.45) is 2.63. The van der Waals surface area contributed by atoms with Crippen molar-refractivity contribution >= 4 is 50.7 Å². The van der Waals surface area contributed by atoms with Gasteiger partial charge >= 0.3 is 0 Å². The van der Waals surface area contributed by atoms with Gasteiger partial charge < -0.3 is 10.2 Å². The van der Waals surface area contributed by atoms with Crippen molar-refractivity contribution in [2.24, 2.45) is 0 Å². The fourth-order valence-corrected chi connectivity index (χ4v) is 4.55. The zero-order valence-corrected chi connectivity index (χ0v) is 21.6. The van der Waals surface area contributed by atoms with Crippen molar-refractivity contribution in [3.05, 3.63) is 63.9 Å². The summed E-state index contributed by atoms with van der Waals surface area (Å²) in [6.45, 7) is 3.40. The Morgan fingerprint density at radius 3 is 2.21 bits per heavy atom. The molecule has 34 heavy (non-hydrogen) atoms. The zero-order chi connectivity index (χ0) is 25.5. The highest BCUT2D eigenvalue weighted by atomic mass is 35.5. The molecule has 0 spiro atoms. The number of amides is 2. The van der Waals surface area contributed by atoms with E-state index in [-0.39, 0.29) is 28.2 Å². The second kappa shape index (κ2) is 12.4. The maximum atomic E-state index is 13.4. The Labute approximate surface area is 209 Å². The predicted molar refractivity (Wildman–Crippen MR) is 133 cm³/mol. The van der Waals surface area contributed by atoms with E-state index in [2.05, 4.69) is 5.32 Å². The maximum absolute atomic E-state index is 13.4. The van der Waals surface area contributed by atoms with Gasteiger partial charge in [-0.3, -0.25) is 13.9 Å². The zero-order valence-electron chi connectivity index (χ0n) is 19.2. The van der Waals surface area contributed by atoms with Gasteiger partial charge in [-0.05, 0) is 49.2 Å². The SMILES string of the molecule is CCCCNC(=O)C(C)N(Cc1ccc(F)cc1)C(=O)CN(c1cc(Cl)cc(Cl)c1)S(C)(=O)=O. The molecule has 0 fully saturated rings. The number of nitrogens with zero attached hydrogens (tertiary/aromatic N) is 2. The molecular weight excluding hydrogens is 504 g/mol. The lowest BCUT2D eigenvalue weighted by atomic mass is 10.1. The molecule has 0 radical (unpaired) electrons. The van der Waals surface area contributed by atoms with Gasteiger partial charge in [0, 0.05) is 23.1 Å². The number of nitrogens with one attached hydrogen (secondary N) is 1. The minimum atomic E-state index is -3.90. The number of benzene rings is 2. The van der Waals surface area contributed by atoms with Crippen LogP contribution in [0.2, 0.25) is 10.0 Å². The number of rotatable bonds is 11. The second-order valence-electron chi connectivity index (χ2n) is 7.87. The normalized spacial score (nSPS) is 12.2. The molecule has 1 unspecified atom stereocenters. The molecule has 0 saturated heterocycles. The lowest BCUT2D eigenvalue weighted by Crippen LogP contribution is -2.51. The van der Waals surface area contributed by atoms with E-state index >= 15 is 0 Å². The first-order chi connectivity index (χ1) is 15.9. The first kappa shape index (κ1) is 27.9.